The minimum Gasteiger partial charge on any atom is -0.328 e. The molecule has 1 aliphatic carbocycles. The predicted molar refractivity (Wildman–Crippen MR) is 73.1 cm³/mol. The van der Waals surface area contributed by atoms with Crippen LogP contribution in [-0.2, 0) is 21.8 Å². The highest BCUT2D eigenvalue weighted by Crippen LogP contribution is 2.35. The molecule has 2 N–H and O–H groups in total. The molecule has 3 nitrogen and oxygen atoms in total. The van der Waals surface area contributed by atoms with Crippen LogP contribution in [0.5, 0.6) is 0 Å². The van der Waals surface area contributed by atoms with Crippen LogP contribution in [0.15, 0.2) is 29.2 Å². The molecular formula is C14H15F4NO2S. The molecule has 1 aromatic carbocycles. The fourth-order valence-electron chi connectivity index (χ4n) is 2.36. The van der Waals surface area contributed by atoms with E-state index in [1.54, 1.807) is 0 Å². The van der Waals surface area contributed by atoms with E-state index in [1.807, 2.05) is 0 Å². The van der Waals surface area contributed by atoms with E-state index in [0.29, 0.717) is 6.07 Å². The van der Waals surface area contributed by atoms with E-state index in [2.05, 4.69) is 0 Å². The highest BCUT2D eigenvalue weighted by Gasteiger charge is 2.44. The molecule has 0 aromatic heterocycles. The molecule has 1 atom stereocenters. The lowest BCUT2D eigenvalue weighted by molar-refractivity contribution is -0.137. The van der Waals surface area contributed by atoms with Gasteiger partial charge in [-0.3, -0.25) is 4.79 Å². The van der Waals surface area contributed by atoms with Crippen molar-refractivity contribution in [3.63, 3.8) is 0 Å². The second-order valence-electron chi connectivity index (χ2n) is 5.38. The van der Waals surface area contributed by atoms with Gasteiger partial charge in [0.05, 0.1) is 5.56 Å². The normalized spacial score (nSPS) is 27.4. The Hall–Kier alpha value is -1.28. The van der Waals surface area contributed by atoms with E-state index in [9.17, 15) is 26.6 Å². The first-order valence-corrected chi connectivity index (χ1v) is 7.86. The quantitative estimate of drug-likeness (QED) is 0.844. The van der Waals surface area contributed by atoms with Crippen molar-refractivity contribution >= 4 is 15.9 Å². The maximum Gasteiger partial charge on any atom is 0.416 e. The molecule has 1 aliphatic rings. The zero-order valence-electron chi connectivity index (χ0n) is 11.5. The molecule has 1 aromatic rings. The standard InChI is InChI=1S/C14H15F4NO2S/c15-13(6-4-10(19)5-7-13)12(20)22(21)11-3-1-2-9(8-11)14(16,17)18/h1-3,8,10H,4-7,19H2. The Labute approximate surface area is 127 Å². The van der Waals surface area contributed by atoms with Gasteiger partial charge >= 0.3 is 6.18 Å². The monoisotopic (exact) mass is 337 g/mol. The molecule has 1 saturated carbocycles. The van der Waals surface area contributed by atoms with Crippen LogP contribution >= 0.6 is 0 Å². The van der Waals surface area contributed by atoms with Crippen LogP contribution in [0, 0.1) is 0 Å². The van der Waals surface area contributed by atoms with E-state index < -0.39 is 33.3 Å². The molecule has 0 heterocycles. The van der Waals surface area contributed by atoms with Crippen molar-refractivity contribution in [3.05, 3.63) is 29.8 Å². The molecular weight excluding hydrogens is 322 g/mol. The third-order valence-corrected chi connectivity index (χ3v) is 5.12. The SMILES string of the molecule is NC1CCC(F)(C(=O)S(=O)c2cccc(C(F)(F)F)c2)CC1. The first kappa shape index (κ1) is 17.1. The summed E-state index contributed by atoms with van der Waals surface area (Å²) >= 11 is 0. The summed E-state index contributed by atoms with van der Waals surface area (Å²) < 4.78 is 64.6. The van der Waals surface area contributed by atoms with E-state index in [0.717, 1.165) is 18.2 Å². The predicted octanol–water partition coefficient (Wildman–Crippen LogP) is 2.95. The number of halogens is 4. The van der Waals surface area contributed by atoms with Gasteiger partial charge in [-0.1, -0.05) is 6.07 Å². The smallest absolute Gasteiger partial charge is 0.328 e. The van der Waals surface area contributed by atoms with Crippen molar-refractivity contribution in [2.24, 2.45) is 5.73 Å². The lowest BCUT2D eigenvalue weighted by atomic mass is 9.85. The Morgan fingerprint density at radius 2 is 1.86 bits per heavy atom. The van der Waals surface area contributed by atoms with Crippen molar-refractivity contribution in [2.45, 2.75) is 48.5 Å². The molecule has 122 valence electrons. The van der Waals surface area contributed by atoms with Gasteiger partial charge < -0.3 is 5.73 Å². The summed E-state index contributed by atoms with van der Waals surface area (Å²) in [4.78, 5) is 11.7. The lowest BCUT2D eigenvalue weighted by Gasteiger charge is -2.30. The van der Waals surface area contributed by atoms with Crippen molar-refractivity contribution < 1.29 is 26.6 Å². The molecule has 0 aliphatic heterocycles. The van der Waals surface area contributed by atoms with Gasteiger partial charge in [0.25, 0.3) is 5.12 Å². The molecule has 0 spiro atoms. The summed E-state index contributed by atoms with van der Waals surface area (Å²) in [5, 5.41) is -1.18. The topological polar surface area (TPSA) is 60.2 Å². The Morgan fingerprint density at radius 1 is 1.27 bits per heavy atom. The molecule has 0 bridgehead atoms. The summed E-state index contributed by atoms with van der Waals surface area (Å²) in [6.07, 6.45) is -4.37. The summed E-state index contributed by atoms with van der Waals surface area (Å²) in [6.45, 7) is 0. The first-order chi connectivity index (χ1) is 10.1. The van der Waals surface area contributed by atoms with Crippen LogP contribution in [0.4, 0.5) is 17.6 Å². The van der Waals surface area contributed by atoms with E-state index in [4.69, 9.17) is 5.73 Å². The Morgan fingerprint density at radius 3 is 2.41 bits per heavy atom. The summed E-state index contributed by atoms with van der Waals surface area (Å²) in [5.41, 5.74) is 2.33. The van der Waals surface area contributed by atoms with Gasteiger partial charge in [0, 0.05) is 10.9 Å². The fraction of sp³-hybridized carbons (Fsp3) is 0.500. The number of carbonyl (C=O) groups excluding carboxylic acids is 1. The van der Waals surface area contributed by atoms with Crippen molar-refractivity contribution in [1.29, 1.82) is 0 Å². The van der Waals surface area contributed by atoms with E-state index in [1.165, 1.54) is 0 Å². The third-order valence-electron chi connectivity index (χ3n) is 3.73. The number of rotatable bonds is 2. The Balaban J connectivity index is 2.23. The van der Waals surface area contributed by atoms with Gasteiger partial charge in [-0.25, -0.2) is 8.60 Å². The average Bonchev–Trinajstić information content (AvgIpc) is 2.48. The maximum absolute atomic E-state index is 14.6. The van der Waals surface area contributed by atoms with Crippen molar-refractivity contribution in [1.82, 2.24) is 0 Å². The second kappa shape index (κ2) is 6.08. The first-order valence-electron chi connectivity index (χ1n) is 6.71. The minimum atomic E-state index is -4.62. The number of nitrogens with two attached hydrogens (primary N) is 1. The van der Waals surface area contributed by atoms with Gasteiger partial charge in [-0.05, 0) is 43.9 Å². The molecule has 0 radical (unpaired) electrons. The number of hydrogen-bond donors (Lipinski definition) is 1. The number of benzene rings is 1. The summed E-state index contributed by atoms with van der Waals surface area (Å²) in [5.74, 6) is 0. The van der Waals surface area contributed by atoms with Crippen LogP contribution in [-0.4, -0.2) is 21.0 Å². The van der Waals surface area contributed by atoms with Crippen LogP contribution in [0.2, 0.25) is 0 Å². The molecule has 1 unspecified atom stereocenters. The Bertz CT molecular complexity index is 595. The summed E-state index contributed by atoms with van der Waals surface area (Å²) in [6, 6.07) is 3.38. The number of carbonyl (C=O) groups is 1. The Kier molecular flexibility index (Phi) is 4.72. The van der Waals surface area contributed by atoms with E-state index in [-0.39, 0.29) is 36.6 Å². The fourth-order valence-corrected chi connectivity index (χ4v) is 3.55. The van der Waals surface area contributed by atoms with Crippen LogP contribution < -0.4 is 5.73 Å². The van der Waals surface area contributed by atoms with E-state index >= 15 is 0 Å². The molecule has 22 heavy (non-hydrogen) atoms. The molecule has 0 amide bonds. The zero-order chi connectivity index (χ0) is 16.5. The number of hydrogen-bond acceptors (Lipinski definition) is 3. The van der Waals surface area contributed by atoms with Crippen LogP contribution in [0.25, 0.3) is 0 Å². The van der Waals surface area contributed by atoms with Gasteiger partial charge in [0.2, 0.25) is 0 Å². The second-order valence-corrected chi connectivity index (χ2v) is 6.76. The minimum absolute atomic E-state index is 0.155. The molecule has 0 saturated heterocycles. The van der Waals surface area contributed by atoms with Gasteiger partial charge in [0.1, 0.15) is 10.8 Å². The summed E-state index contributed by atoms with van der Waals surface area (Å²) in [7, 11) is -2.48. The highest BCUT2D eigenvalue weighted by molar-refractivity contribution is 8.00. The van der Waals surface area contributed by atoms with Crippen LogP contribution in [0.1, 0.15) is 31.2 Å². The zero-order valence-corrected chi connectivity index (χ0v) is 12.3. The highest BCUT2D eigenvalue weighted by atomic mass is 32.2. The molecule has 1 fully saturated rings. The molecule has 8 heteroatoms. The van der Waals surface area contributed by atoms with Crippen molar-refractivity contribution in [2.75, 3.05) is 0 Å². The third kappa shape index (κ3) is 3.55. The van der Waals surface area contributed by atoms with Gasteiger partial charge in [-0.15, -0.1) is 0 Å². The molecule has 2 rings (SSSR count). The van der Waals surface area contributed by atoms with Gasteiger partial charge in [0.15, 0.2) is 5.67 Å². The maximum atomic E-state index is 14.6. The lowest BCUT2D eigenvalue weighted by Crippen LogP contribution is -2.43. The van der Waals surface area contributed by atoms with Crippen molar-refractivity contribution in [3.8, 4) is 0 Å². The average molecular weight is 337 g/mol. The van der Waals surface area contributed by atoms with Crippen LogP contribution in [0.3, 0.4) is 0 Å². The number of alkyl halides is 4. The van der Waals surface area contributed by atoms with Gasteiger partial charge in [-0.2, -0.15) is 13.2 Å². The largest absolute Gasteiger partial charge is 0.416 e.